The van der Waals surface area contributed by atoms with Crippen molar-refractivity contribution >= 4 is 23.3 Å². The molecule has 11 nitrogen and oxygen atoms in total. The van der Waals surface area contributed by atoms with Crippen LogP contribution >= 0.6 is 0 Å². The lowest BCUT2D eigenvalue weighted by molar-refractivity contribution is -0.394. The van der Waals surface area contributed by atoms with Crippen molar-refractivity contribution in [1.29, 1.82) is 0 Å². The van der Waals surface area contributed by atoms with E-state index >= 15 is 0 Å². The number of nitro groups is 2. The molecule has 158 valence electrons. The first kappa shape index (κ1) is 22.3. The Morgan fingerprint density at radius 2 is 1.57 bits per heavy atom. The Bertz CT molecular complexity index is 958. The first-order chi connectivity index (χ1) is 13.7. The number of likely N-dealkylation sites (tertiary alicyclic amines) is 1. The first-order valence-corrected chi connectivity index (χ1v) is 8.48. The molecule has 0 radical (unpaired) electrons. The maximum Gasteiger partial charge on any atom is 0.335 e. The molecule has 0 spiro atoms. The van der Waals surface area contributed by atoms with E-state index in [2.05, 4.69) is 0 Å². The van der Waals surface area contributed by atoms with Crippen LogP contribution in [-0.2, 0) is 0 Å². The van der Waals surface area contributed by atoms with Crippen molar-refractivity contribution in [3.05, 3.63) is 73.8 Å². The molecule has 2 aromatic carbocycles. The number of amides is 1. The van der Waals surface area contributed by atoms with Crippen LogP contribution in [0.4, 0.5) is 11.4 Å². The van der Waals surface area contributed by atoms with Gasteiger partial charge in [0.1, 0.15) is 11.9 Å². The number of benzene rings is 2. The number of carbonyl (C=O) groups is 2. The first-order valence-electron chi connectivity index (χ1n) is 8.48. The van der Waals surface area contributed by atoms with E-state index in [4.69, 9.17) is 9.84 Å². The normalized spacial score (nSPS) is 15.2. The average molecular weight is 417 g/mol. The van der Waals surface area contributed by atoms with Crippen LogP contribution in [-0.4, -0.2) is 50.9 Å². The highest BCUT2D eigenvalue weighted by Gasteiger charge is 2.30. The SMILES string of the molecule is C.O=C(O)c1ccc(O[C@H]2CCN(C(=O)c3cc([N+](=O)[O-])cc([N+](=O)[O-])c3)C2)cc1. The molecule has 0 saturated carbocycles. The van der Waals surface area contributed by atoms with Crippen LogP contribution in [0.3, 0.4) is 0 Å². The number of hydrogen-bond acceptors (Lipinski definition) is 7. The molecule has 1 heterocycles. The molecule has 1 saturated heterocycles. The third-order valence-corrected chi connectivity index (χ3v) is 4.41. The summed E-state index contributed by atoms with van der Waals surface area (Å²) in [5.41, 5.74) is -1.09. The Morgan fingerprint density at radius 3 is 2.07 bits per heavy atom. The second-order valence-electron chi connectivity index (χ2n) is 6.36. The number of aromatic carboxylic acids is 1. The molecule has 1 aliphatic rings. The summed E-state index contributed by atoms with van der Waals surface area (Å²) >= 11 is 0. The number of non-ortho nitro benzene ring substituents is 2. The van der Waals surface area contributed by atoms with Gasteiger partial charge in [-0.3, -0.25) is 25.0 Å². The number of nitro benzene ring substituents is 2. The highest BCUT2D eigenvalue weighted by molar-refractivity contribution is 5.95. The molecule has 0 unspecified atom stereocenters. The van der Waals surface area contributed by atoms with Crippen molar-refractivity contribution in [2.24, 2.45) is 0 Å². The topological polar surface area (TPSA) is 153 Å². The summed E-state index contributed by atoms with van der Waals surface area (Å²) < 4.78 is 5.75. The number of carboxylic acids is 1. The van der Waals surface area contributed by atoms with Gasteiger partial charge in [-0.1, -0.05) is 7.43 Å². The third-order valence-electron chi connectivity index (χ3n) is 4.41. The zero-order valence-corrected chi connectivity index (χ0v) is 14.9. The van der Waals surface area contributed by atoms with E-state index in [0.717, 1.165) is 18.2 Å². The van der Waals surface area contributed by atoms with Crippen LogP contribution < -0.4 is 4.74 Å². The lowest BCUT2D eigenvalue weighted by Gasteiger charge is -2.17. The monoisotopic (exact) mass is 417 g/mol. The smallest absolute Gasteiger partial charge is 0.335 e. The molecule has 11 heteroatoms. The highest BCUT2D eigenvalue weighted by Crippen LogP contribution is 2.26. The third kappa shape index (κ3) is 4.87. The number of carbonyl (C=O) groups excluding carboxylic acids is 1. The van der Waals surface area contributed by atoms with Crippen molar-refractivity contribution < 1.29 is 29.3 Å². The van der Waals surface area contributed by atoms with E-state index in [1.165, 1.54) is 29.2 Å². The van der Waals surface area contributed by atoms with Gasteiger partial charge in [0.2, 0.25) is 0 Å². The molecule has 0 bridgehead atoms. The van der Waals surface area contributed by atoms with E-state index < -0.39 is 33.1 Å². The van der Waals surface area contributed by atoms with Crippen LogP contribution in [0.15, 0.2) is 42.5 Å². The number of nitrogens with zero attached hydrogens (tertiary/aromatic N) is 3. The van der Waals surface area contributed by atoms with E-state index in [0.29, 0.717) is 18.7 Å². The maximum atomic E-state index is 12.7. The summed E-state index contributed by atoms with van der Waals surface area (Å²) in [6.07, 6.45) is 0.131. The summed E-state index contributed by atoms with van der Waals surface area (Å²) in [6, 6.07) is 8.64. The molecule has 0 aromatic heterocycles. The molecule has 1 atom stereocenters. The van der Waals surface area contributed by atoms with Gasteiger partial charge < -0.3 is 14.7 Å². The fraction of sp³-hybridized carbons (Fsp3) is 0.263. The fourth-order valence-corrected chi connectivity index (χ4v) is 2.99. The predicted molar refractivity (Wildman–Crippen MR) is 105 cm³/mol. The van der Waals surface area contributed by atoms with Crippen molar-refractivity contribution in [3.63, 3.8) is 0 Å². The average Bonchev–Trinajstić information content (AvgIpc) is 3.15. The van der Waals surface area contributed by atoms with Gasteiger partial charge in [0.25, 0.3) is 17.3 Å². The molecule has 2 aromatic rings. The minimum atomic E-state index is -1.06. The van der Waals surface area contributed by atoms with Gasteiger partial charge in [0.15, 0.2) is 0 Å². The largest absolute Gasteiger partial charge is 0.489 e. The van der Waals surface area contributed by atoms with Gasteiger partial charge in [0.05, 0.1) is 33.6 Å². The maximum absolute atomic E-state index is 12.7. The number of carboxylic acid groups (broad SMARTS) is 1. The summed E-state index contributed by atoms with van der Waals surface area (Å²) in [7, 11) is 0. The molecule has 0 aliphatic carbocycles. The Balaban J connectivity index is 0.00000320. The van der Waals surface area contributed by atoms with E-state index in [9.17, 15) is 29.8 Å². The van der Waals surface area contributed by atoms with Crippen LogP contribution in [0.2, 0.25) is 0 Å². The Labute approximate surface area is 170 Å². The van der Waals surface area contributed by atoms with Crippen molar-refractivity contribution in [2.45, 2.75) is 20.0 Å². The van der Waals surface area contributed by atoms with Gasteiger partial charge in [-0.2, -0.15) is 0 Å². The Kier molecular flexibility index (Phi) is 6.67. The van der Waals surface area contributed by atoms with E-state index in [1.807, 2.05) is 0 Å². The van der Waals surface area contributed by atoms with E-state index in [-0.39, 0.29) is 31.2 Å². The van der Waals surface area contributed by atoms with Gasteiger partial charge >= 0.3 is 5.97 Å². The molecule has 1 N–H and O–H groups in total. The molecular weight excluding hydrogens is 398 g/mol. The van der Waals surface area contributed by atoms with Crippen LogP contribution in [0.1, 0.15) is 34.6 Å². The molecule has 30 heavy (non-hydrogen) atoms. The number of ether oxygens (including phenoxy) is 1. The molecular formula is C19H19N3O8. The summed E-state index contributed by atoms with van der Waals surface area (Å²) in [4.78, 5) is 45.4. The predicted octanol–water partition coefficient (Wildman–Crippen LogP) is 3.13. The summed E-state index contributed by atoms with van der Waals surface area (Å²) in [6.45, 7) is 0.503. The lowest BCUT2D eigenvalue weighted by Crippen LogP contribution is -2.31. The van der Waals surface area contributed by atoms with Crippen molar-refractivity contribution in [2.75, 3.05) is 13.1 Å². The molecule has 3 rings (SSSR count). The summed E-state index contributed by atoms with van der Waals surface area (Å²) in [5.74, 6) is -1.18. The second kappa shape index (κ2) is 8.99. The molecule has 1 aliphatic heterocycles. The van der Waals surface area contributed by atoms with Crippen molar-refractivity contribution in [1.82, 2.24) is 4.90 Å². The summed E-state index contributed by atoms with van der Waals surface area (Å²) in [5, 5.41) is 30.9. The van der Waals surface area contributed by atoms with Gasteiger partial charge in [-0.05, 0) is 24.3 Å². The Morgan fingerprint density at radius 1 is 1.00 bits per heavy atom. The number of rotatable bonds is 6. The molecule has 1 amide bonds. The quantitative estimate of drug-likeness (QED) is 0.555. The standard InChI is InChI=1S/C18H15N3O8.CH4/c22-17(12-7-13(20(25)26)9-14(8-12)21(27)28)19-6-5-16(10-19)29-15-3-1-11(2-4-15)18(23)24;/h1-4,7-9,16H,5-6,10H2,(H,23,24);1H4/t16-;/m0./s1. The molecule has 1 fully saturated rings. The van der Waals surface area contributed by atoms with Crippen molar-refractivity contribution in [3.8, 4) is 5.75 Å². The van der Waals surface area contributed by atoms with Crippen LogP contribution in [0, 0.1) is 20.2 Å². The van der Waals surface area contributed by atoms with Gasteiger partial charge in [0, 0.05) is 25.1 Å². The van der Waals surface area contributed by atoms with Gasteiger partial charge in [-0.15, -0.1) is 0 Å². The second-order valence-corrected chi connectivity index (χ2v) is 6.36. The van der Waals surface area contributed by atoms with Gasteiger partial charge in [-0.25, -0.2) is 4.79 Å². The zero-order chi connectivity index (χ0) is 21.1. The number of hydrogen-bond donors (Lipinski definition) is 1. The highest BCUT2D eigenvalue weighted by atomic mass is 16.6. The Hall–Kier alpha value is -4.02. The lowest BCUT2D eigenvalue weighted by atomic mass is 10.1. The minimum absolute atomic E-state index is 0. The fourth-order valence-electron chi connectivity index (χ4n) is 2.99. The van der Waals surface area contributed by atoms with Crippen LogP contribution in [0.5, 0.6) is 5.75 Å². The van der Waals surface area contributed by atoms with Crippen LogP contribution in [0.25, 0.3) is 0 Å². The van der Waals surface area contributed by atoms with E-state index in [1.54, 1.807) is 0 Å². The zero-order valence-electron chi connectivity index (χ0n) is 14.9. The minimum Gasteiger partial charge on any atom is -0.489 e.